The minimum absolute atomic E-state index is 0.111. The topological polar surface area (TPSA) is 43.8 Å². The van der Waals surface area contributed by atoms with Gasteiger partial charge < -0.3 is 10.3 Å². The summed E-state index contributed by atoms with van der Waals surface area (Å²) in [6.07, 6.45) is -2.91. The number of nitrogens with two attached hydrogens (primary N) is 1. The number of anilines is 1. The zero-order chi connectivity index (χ0) is 13.8. The molecule has 0 radical (unpaired) electrons. The molecule has 2 N–H and O–H groups in total. The first-order chi connectivity index (χ1) is 8.86. The molecule has 19 heavy (non-hydrogen) atoms. The lowest BCUT2D eigenvalue weighted by Gasteiger charge is -2.35. The third-order valence-corrected chi connectivity index (χ3v) is 3.68. The average molecular weight is 269 g/mol. The molecule has 3 nitrogen and oxygen atoms in total. The molecule has 102 valence electrons. The van der Waals surface area contributed by atoms with Gasteiger partial charge in [0.2, 0.25) is 5.82 Å². The van der Waals surface area contributed by atoms with E-state index in [1.54, 1.807) is 12.1 Å². The summed E-state index contributed by atoms with van der Waals surface area (Å²) in [6.45, 7) is 2.04. The van der Waals surface area contributed by atoms with Gasteiger partial charge in [0.1, 0.15) is 0 Å². The molecular weight excluding hydrogens is 255 g/mol. The van der Waals surface area contributed by atoms with E-state index in [4.69, 9.17) is 5.73 Å². The fourth-order valence-electron chi connectivity index (χ4n) is 2.76. The van der Waals surface area contributed by atoms with Crippen LogP contribution in [0, 0.1) is 5.92 Å². The van der Waals surface area contributed by atoms with Gasteiger partial charge in [0.15, 0.2) is 0 Å². The molecule has 1 aromatic heterocycles. The van der Waals surface area contributed by atoms with Gasteiger partial charge in [-0.2, -0.15) is 13.2 Å². The van der Waals surface area contributed by atoms with Gasteiger partial charge in [-0.15, -0.1) is 0 Å². The van der Waals surface area contributed by atoms with Crippen molar-refractivity contribution in [3.05, 3.63) is 24.0 Å². The monoisotopic (exact) mass is 269 g/mol. The van der Waals surface area contributed by atoms with Crippen molar-refractivity contribution < 1.29 is 13.2 Å². The van der Waals surface area contributed by atoms with E-state index in [1.165, 1.54) is 10.6 Å². The van der Waals surface area contributed by atoms with Crippen LogP contribution in [-0.2, 0) is 6.18 Å². The quantitative estimate of drug-likeness (QED) is 0.804. The van der Waals surface area contributed by atoms with Crippen molar-refractivity contribution in [3.8, 4) is 0 Å². The number of hydrogen-bond donors (Lipinski definition) is 1. The molecule has 0 bridgehead atoms. The van der Waals surface area contributed by atoms with Crippen LogP contribution in [0.2, 0.25) is 0 Å². The first-order valence-electron chi connectivity index (χ1n) is 6.21. The van der Waals surface area contributed by atoms with E-state index < -0.39 is 12.0 Å². The number of aromatic nitrogens is 2. The fourth-order valence-corrected chi connectivity index (χ4v) is 2.76. The highest BCUT2D eigenvalue weighted by molar-refractivity contribution is 5.80. The number of fused-ring (bicyclic) bond motifs is 1. The normalized spacial score (nSPS) is 23.6. The first kappa shape index (κ1) is 12.3. The van der Waals surface area contributed by atoms with Gasteiger partial charge >= 0.3 is 6.18 Å². The number of hydrogen-bond acceptors (Lipinski definition) is 2. The molecule has 1 saturated carbocycles. The van der Waals surface area contributed by atoms with Gasteiger partial charge in [-0.3, -0.25) is 0 Å². The molecule has 1 heterocycles. The Labute approximate surface area is 108 Å². The van der Waals surface area contributed by atoms with Crippen LogP contribution in [0.1, 0.15) is 31.6 Å². The Kier molecular flexibility index (Phi) is 2.52. The van der Waals surface area contributed by atoms with Gasteiger partial charge in [-0.1, -0.05) is 6.92 Å². The summed E-state index contributed by atoms with van der Waals surface area (Å²) in [5, 5.41) is 0. The summed E-state index contributed by atoms with van der Waals surface area (Å²) in [5.41, 5.74) is 6.85. The predicted octanol–water partition coefficient (Wildman–Crippen LogP) is 3.61. The van der Waals surface area contributed by atoms with Crippen LogP contribution in [0.5, 0.6) is 0 Å². The van der Waals surface area contributed by atoms with Crippen LogP contribution in [0.25, 0.3) is 11.0 Å². The van der Waals surface area contributed by atoms with Crippen LogP contribution < -0.4 is 5.73 Å². The van der Waals surface area contributed by atoms with Crippen molar-refractivity contribution in [2.75, 3.05) is 5.73 Å². The maximum Gasteiger partial charge on any atom is 0.449 e. The molecule has 6 heteroatoms. The number of halogens is 3. The Morgan fingerprint density at radius 1 is 1.32 bits per heavy atom. The highest BCUT2D eigenvalue weighted by atomic mass is 19.4. The second-order valence-electron chi connectivity index (χ2n) is 5.28. The number of imidazole rings is 1. The van der Waals surface area contributed by atoms with Crippen LogP contribution in [0.4, 0.5) is 18.9 Å². The molecule has 0 aliphatic heterocycles. The number of nitrogen functional groups attached to an aromatic ring is 1. The summed E-state index contributed by atoms with van der Waals surface area (Å²) in [6, 6.07) is 4.61. The molecule has 1 aliphatic rings. The third kappa shape index (κ3) is 1.95. The molecule has 0 unspecified atom stereocenters. The minimum atomic E-state index is -4.44. The highest BCUT2D eigenvalue weighted by Crippen LogP contribution is 2.43. The maximum atomic E-state index is 13.1. The Balaban J connectivity index is 2.20. The van der Waals surface area contributed by atoms with Crippen LogP contribution in [0.15, 0.2) is 18.2 Å². The lowest BCUT2D eigenvalue weighted by Crippen LogP contribution is -2.28. The molecule has 1 fully saturated rings. The van der Waals surface area contributed by atoms with E-state index in [1.807, 2.05) is 6.92 Å². The van der Waals surface area contributed by atoms with Gasteiger partial charge in [-0.05, 0) is 37.0 Å². The van der Waals surface area contributed by atoms with E-state index in [0.717, 1.165) is 12.8 Å². The predicted molar refractivity (Wildman–Crippen MR) is 66.6 cm³/mol. The number of benzene rings is 1. The van der Waals surface area contributed by atoms with Crippen molar-refractivity contribution in [2.24, 2.45) is 5.92 Å². The summed E-state index contributed by atoms with van der Waals surface area (Å²) in [4.78, 5) is 3.73. The zero-order valence-corrected chi connectivity index (χ0v) is 10.4. The number of alkyl halides is 3. The zero-order valence-electron chi connectivity index (χ0n) is 10.4. The molecule has 1 aromatic carbocycles. The summed E-state index contributed by atoms with van der Waals surface area (Å²) in [5.74, 6) is -0.345. The van der Waals surface area contributed by atoms with E-state index in [0.29, 0.717) is 22.6 Å². The van der Waals surface area contributed by atoms with E-state index >= 15 is 0 Å². The summed E-state index contributed by atoms with van der Waals surface area (Å²) < 4.78 is 40.6. The molecule has 0 spiro atoms. The van der Waals surface area contributed by atoms with Gasteiger partial charge in [-0.25, -0.2) is 4.98 Å². The molecule has 2 aromatic rings. The Bertz CT molecular complexity index is 624. The van der Waals surface area contributed by atoms with Crippen molar-refractivity contribution in [3.63, 3.8) is 0 Å². The molecule has 0 amide bonds. The first-order valence-corrected chi connectivity index (χ1v) is 6.21. The lowest BCUT2D eigenvalue weighted by molar-refractivity contribution is -0.148. The van der Waals surface area contributed by atoms with E-state index in [9.17, 15) is 13.2 Å². The minimum Gasteiger partial charge on any atom is -0.399 e. The molecule has 1 aliphatic carbocycles. The van der Waals surface area contributed by atoms with Crippen LogP contribution in [0.3, 0.4) is 0 Å². The average Bonchev–Trinajstić information content (AvgIpc) is 2.62. The number of nitrogens with zero attached hydrogens (tertiary/aromatic N) is 2. The molecule has 0 atom stereocenters. The van der Waals surface area contributed by atoms with Crippen LogP contribution >= 0.6 is 0 Å². The highest BCUT2D eigenvalue weighted by Gasteiger charge is 2.41. The van der Waals surface area contributed by atoms with Gasteiger partial charge in [0.05, 0.1) is 11.0 Å². The Morgan fingerprint density at radius 2 is 2.00 bits per heavy atom. The maximum absolute atomic E-state index is 13.1. The SMILES string of the molecule is CC1CC(n2c(C(F)(F)F)nc3cc(N)ccc32)C1. The Morgan fingerprint density at radius 3 is 2.58 bits per heavy atom. The lowest BCUT2D eigenvalue weighted by atomic mass is 9.81. The van der Waals surface area contributed by atoms with Crippen molar-refractivity contribution in [1.29, 1.82) is 0 Å². The van der Waals surface area contributed by atoms with E-state index in [-0.39, 0.29) is 6.04 Å². The number of rotatable bonds is 1. The van der Waals surface area contributed by atoms with Crippen molar-refractivity contribution >= 4 is 16.7 Å². The fraction of sp³-hybridized carbons (Fsp3) is 0.462. The standard InChI is InChI=1S/C13H14F3N3/c1-7-4-9(5-7)19-11-3-2-8(17)6-10(11)18-12(19)13(14,15)16/h2-3,6-7,9H,4-5,17H2,1H3. The second kappa shape index (κ2) is 3.88. The van der Waals surface area contributed by atoms with Gasteiger partial charge in [0, 0.05) is 11.7 Å². The summed E-state index contributed by atoms with van der Waals surface area (Å²) in [7, 11) is 0. The van der Waals surface area contributed by atoms with Gasteiger partial charge in [0.25, 0.3) is 0 Å². The summed E-state index contributed by atoms with van der Waals surface area (Å²) >= 11 is 0. The molecular formula is C13H14F3N3. The second-order valence-corrected chi connectivity index (χ2v) is 5.28. The van der Waals surface area contributed by atoms with Crippen LogP contribution in [-0.4, -0.2) is 9.55 Å². The van der Waals surface area contributed by atoms with E-state index in [2.05, 4.69) is 4.98 Å². The largest absolute Gasteiger partial charge is 0.449 e. The molecule has 0 saturated heterocycles. The molecule has 3 rings (SSSR count). The smallest absolute Gasteiger partial charge is 0.399 e. The Hall–Kier alpha value is -1.72. The third-order valence-electron chi connectivity index (χ3n) is 3.68. The van der Waals surface area contributed by atoms with Crippen molar-refractivity contribution in [1.82, 2.24) is 9.55 Å². The van der Waals surface area contributed by atoms with Crippen molar-refractivity contribution in [2.45, 2.75) is 32.0 Å².